The number of phenolic OH excluding ortho intramolecular Hbond substituents is 1. The Hall–Kier alpha value is -3.28. The van der Waals surface area contributed by atoms with Gasteiger partial charge in [0, 0.05) is 19.0 Å². The summed E-state index contributed by atoms with van der Waals surface area (Å²) >= 11 is 0. The van der Waals surface area contributed by atoms with Gasteiger partial charge >= 0.3 is 0 Å². The van der Waals surface area contributed by atoms with Crippen LogP contribution in [0.3, 0.4) is 0 Å². The fraction of sp³-hybridized carbons (Fsp3) is 0.111. The zero-order chi connectivity index (χ0) is 16.9. The van der Waals surface area contributed by atoms with Crippen LogP contribution in [0, 0.1) is 10.8 Å². The van der Waals surface area contributed by atoms with Crippen molar-refractivity contribution in [3.05, 3.63) is 59.8 Å². The molecule has 0 radical (unpaired) electrons. The fourth-order valence-corrected chi connectivity index (χ4v) is 2.42. The molecule has 0 amide bonds. The summed E-state index contributed by atoms with van der Waals surface area (Å²) in [5.41, 5.74) is 3.27. The van der Waals surface area contributed by atoms with Crippen molar-refractivity contribution in [2.45, 2.75) is 12.5 Å². The number of nitrogens with one attached hydrogen (secondary N) is 3. The molecule has 3 aromatic rings. The Labute approximate surface area is 139 Å². The topological polar surface area (TPSA) is 106 Å². The van der Waals surface area contributed by atoms with E-state index in [9.17, 15) is 5.11 Å². The van der Waals surface area contributed by atoms with Gasteiger partial charge in [0.25, 0.3) is 0 Å². The summed E-state index contributed by atoms with van der Waals surface area (Å²) in [6.07, 6.45) is 4.11. The van der Waals surface area contributed by atoms with E-state index in [1.807, 2.05) is 24.3 Å². The second-order valence-electron chi connectivity index (χ2n) is 5.39. The smallest absolute Gasteiger partial charge is 0.145 e. The molecule has 0 atom stereocenters. The van der Waals surface area contributed by atoms with Crippen LogP contribution in [0.25, 0.3) is 11.0 Å². The minimum atomic E-state index is -0.334. The number of hydrogen-bond acceptors (Lipinski definition) is 6. The lowest BCUT2D eigenvalue weighted by atomic mass is 10.0. The summed E-state index contributed by atoms with van der Waals surface area (Å²) in [7, 11) is 0. The van der Waals surface area contributed by atoms with Gasteiger partial charge in [-0.1, -0.05) is 18.2 Å². The molecule has 0 saturated carbocycles. The molecule has 0 saturated heterocycles. The highest BCUT2D eigenvalue weighted by atomic mass is 16.3. The number of fused-ring (bicyclic) bond motifs is 1. The van der Waals surface area contributed by atoms with Crippen LogP contribution in [0.5, 0.6) is 5.75 Å². The number of benzene rings is 2. The monoisotopic (exact) mass is 319 g/mol. The highest BCUT2D eigenvalue weighted by Crippen LogP contribution is 2.19. The summed E-state index contributed by atoms with van der Waals surface area (Å²) in [6, 6.07) is 12.6. The van der Waals surface area contributed by atoms with Crippen molar-refractivity contribution in [2.24, 2.45) is 0 Å². The lowest BCUT2D eigenvalue weighted by molar-refractivity contribution is 0.474. The normalized spacial score (nSPS) is 11.8. The van der Waals surface area contributed by atoms with E-state index in [1.54, 1.807) is 24.4 Å². The summed E-state index contributed by atoms with van der Waals surface area (Å²) in [4.78, 5) is 8.91. The van der Waals surface area contributed by atoms with E-state index in [2.05, 4.69) is 15.3 Å². The van der Waals surface area contributed by atoms with Crippen LogP contribution in [-0.2, 0) is 6.54 Å². The van der Waals surface area contributed by atoms with E-state index < -0.39 is 0 Å². The Bertz CT molecular complexity index is 885. The molecule has 6 heteroatoms. The van der Waals surface area contributed by atoms with Gasteiger partial charge in [-0.15, -0.1) is 0 Å². The minimum Gasteiger partial charge on any atom is -0.508 e. The summed E-state index contributed by atoms with van der Waals surface area (Å²) < 4.78 is 0. The van der Waals surface area contributed by atoms with Crippen molar-refractivity contribution >= 4 is 29.3 Å². The molecule has 1 aromatic heterocycles. The van der Waals surface area contributed by atoms with Gasteiger partial charge in [-0.3, -0.25) is 4.98 Å². The van der Waals surface area contributed by atoms with E-state index in [0.717, 1.165) is 22.2 Å². The van der Waals surface area contributed by atoms with E-state index >= 15 is 0 Å². The number of aromatic hydroxyl groups is 1. The van der Waals surface area contributed by atoms with Crippen LogP contribution in [0.1, 0.15) is 17.0 Å². The molecule has 2 aromatic carbocycles. The Balaban J connectivity index is 1.80. The molecule has 0 aliphatic carbocycles. The van der Waals surface area contributed by atoms with Crippen molar-refractivity contribution in [1.82, 2.24) is 9.97 Å². The number of hydrogen-bond donors (Lipinski definition) is 4. The summed E-state index contributed by atoms with van der Waals surface area (Å²) in [6.45, 7) is 0.538. The standard InChI is InChI=1S/C18H17N5O/c19-8-14(9-20)13-4-5-16-17(7-13)21-11-18(23-16)22-10-12-2-1-3-15(24)6-12/h1-9,11,14,19-20,24H,10H2,(H,22,23). The van der Waals surface area contributed by atoms with Crippen molar-refractivity contribution < 1.29 is 5.11 Å². The first-order valence-corrected chi connectivity index (χ1v) is 7.49. The predicted molar refractivity (Wildman–Crippen MR) is 95.3 cm³/mol. The Kier molecular flexibility index (Phi) is 4.47. The Morgan fingerprint density at radius 1 is 1.08 bits per heavy atom. The highest BCUT2D eigenvalue weighted by molar-refractivity contribution is 5.89. The molecular weight excluding hydrogens is 302 g/mol. The van der Waals surface area contributed by atoms with Gasteiger partial charge in [-0.25, -0.2) is 4.98 Å². The number of rotatable bonds is 6. The molecule has 0 aliphatic rings. The average molecular weight is 319 g/mol. The second-order valence-corrected chi connectivity index (χ2v) is 5.39. The van der Waals surface area contributed by atoms with Crippen molar-refractivity contribution in [2.75, 3.05) is 5.32 Å². The van der Waals surface area contributed by atoms with Crippen LogP contribution in [-0.4, -0.2) is 27.5 Å². The third-order valence-corrected chi connectivity index (χ3v) is 3.69. The molecule has 0 bridgehead atoms. The van der Waals surface area contributed by atoms with E-state index in [-0.39, 0.29) is 11.7 Å². The van der Waals surface area contributed by atoms with Crippen molar-refractivity contribution in [1.29, 1.82) is 10.8 Å². The zero-order valence-electron chi connectivity index (χ0n) is 12.9. The van der Waals surface area contributed by atoms with Gasteiger partial charge < -0.3 is 21.2 Å². The van der Waals surface area contributed by atoms with Gasteiger partial charge in [0.1, 0.15) is 11.6 Å². The molecular formula is C18H17N5O. The molecule has 3 rings (SSSR count). The maximum atomic E-state index is 9.48. The zero-order valence-corrected chi connectivity index (χ0v) is 12.9. The maximum absolute atomic E-state index is 9.48. The van der Waals surface area contributed by atoms with Crippen LogP contribution < -0.4 is 5.32 Å². The molecule has 24 heavy (non-hydrogen) atoms. The molecule has 120 valence electrons. The van der Waals surface area contributed by atoms with Gasteiger partial charge in [0.2, 0.25) is 0 Å². The Morgan fingerprint density at radius 2 is 1.92 bits per heavy atom. The molecule has 0 aliphatic heterocycles. The second kappa shape index (κ2) is 6.87. The average Bonchev–Trinajstić information content (AvgIpc) is 2.61. The van der Waals surface area contributed by atoms with Crippen LogP contribution >= 0.6 is 0 Å². The summed E-state index contributed by atoms with van der Waals surface area (Å²) in [5, 5.41) is 27.4. The minimum absolute atomic E-state index is 0.235. The number of aromatic nitrogens is 2. The Morgan fingerprint density at radius 3 is 2.67 bits per heavy atom. The molecule has 0 fully saturated rings. The van der Waals surface area contributed by atoms with E-state index in [0.29, 0.717) is 12.4 Å². The third kappa shape index (κ3) is 3.38. The first-order chi connectivity index (χ1) is 11.7. The molecule has 6 nitrogen and oxygen atoms in total. The maximum Gasteiger partial charge on any atom is 0.145 e. The lowest BCUT2D eigenvalue weighted by Crippen LogP contribution is -2.03. The van der Waals surface area contributed by atoms with Gasteiger partial charge in [0.15, 0.2) is 0 Å². The number of phenols is 1. The molecule has 4 N–H and O–H groups in total. The molecule has 0 unspecified atom stereocenters. The molecule has 1 heterocycles. The lowest BCUT2D eigenvalue weighted by Gasteiger charge is -2.09. The van der Waals surface area contributed by atoms with Gasteiger partial charge in [-0.2, -0.15) is 0 Å². The predicted octanol–water partition coefficient (Wildman–Crippen LogP) is 3.33. The van der Waals surface area contributed by atoms with Crippen molar-refractivity contribution in [3.8, 4) is 5.75 Å². The fourth-order valence-electron chi connectivity index (χ4n) is 2.42. The molecule has 0 spiro atoms. The van der Waals surface area contributed by atoms with Crippen LogP contribution in [0.15, 0.2) is 48.7 Å². The SMILES string of the molecule is N=CC(C=N)c1ccc2nc(NCc3cccc(O)c3)cnc2c1. The van der Waals surface area contributed by atoms with Crippen LogP contribution in [0.2, 0.25) is 0 Å². The highest BCUT2D eigenvalue weighted by Gasteiger charge is 2.07. The first-order valence-electron chi connectivity index (χ1n) is 7.49. The number of nitrogens with zero attached hydrogens (tertiary/aromatic N) is 2. The first kappa shape index (κ1) is 15.6. The van der Waals surface area contributed by atoms with E-state index in [4.69, 9.17) is 10.8 Å². The van der Waals surface area contributed by atoms with E-state index in [1.165, 1.54) is 12.4 Å². The van der Waals surface area contributed by atoms with Gasteiger partial charge in [-0.05, 0) is 35.4 Å². The summed E-state index contributed by atoms with van der Waals surface area (Å²) in [5.74, 6) is 0.549. The largest absolute Gasteiger partial charge is 0.508 e. The third-order valence-electron chi connectivity index (χ3n) is 3.69. The van der Waals surface area contributed by atoms with Crippen LogP contribution in [0.4, 0.5) is 5.82 Å². The number of anilines is 1. The van der Waals surface area contributed by atoms with Gasteiger partial charge in [0.05, 0.1) is 23.1 Å². The van der Waals surface area contributed by atoms with Crippen molar-refractivity contribution in [3.63, 3.8) is 0 Å². The quantitative estimate of drug-likeness (QED) is 0.523.